The number of rotatable bonds is 15. The lowest BCUT2D eigenvalue weighted by Gasteiger charge is -2.31. The fraction of sp³-hybridized carbons (Fsp3) is 0.614. The van der Waals surface area contributed by atoms with Crippen molar-refractivity contribution in [3.05, 3.63) is 48.7 Å². The van der Waals surface area contributed by atoms with Gasteiger partial charge in [-0.2, -0.15) is 0 Å². The number of hydrogen-bond donors (Lipinski definition) is 2. The van der Waals surface area contributed by atoms with Gasteiger partial charge in [0.1, 0.15) is 48.3 Å². The largest absolute Gasteiger partial charge is 0.462 e. The zero-order valence-electron chi connectivity index (χ0n) is 36.4. The highest BCUT2D eigenvalue weighted by Gasteiger charge is 2.33. The molecule has 0 spiro atoms. The molecule has 2 N–H and O–H groups in total. The van der Waals surface area contributed by atoms with Crippen molar-refractivity contribution in [1.29, 1.82) is 0 Å². The molecule has 61 heavy (non-hydrogen) atoms. The Bertz CT molecular complexity index is 1900. The van der Waals surface area contributed by atoms with Gasteiger partial charge in [-0.15, -0.1) is 0 Å². The van der Waals surface area contributed by atoms with Crippen LogP contribution in [0.5, 0.6) is 0 Å². The summed E-state index contributed by atoms with van der Waals surface area (Å²) in [5.41, 5.74) is 0.974. The fourth-order valence-electron chi connectivity index (χ4n) is 7.35. The molecule has 0 aromatic carbocycles. The number of aromatic nitrogens is 3. The van der Waals surface area contributed by atoms with Gasteiger partial charge in [0.2, 0.25) is 24.1 Å². The molecule has 4 heterocycles. The molecule has 10 atom stereocenters. The van der Waals surface area contributed by atoms with E-state index < -0.39 is 42.7 Å². The highest BCUT2D eigenvalue weighted by molar-refractivity contribution is 5.82. The minimum absolute atomic E-state index is 0.0373. The number of nitrogens with zero attached hydrogens (tertiary/aromatic N) is 4. The van der Waals surface area contributed by atoms with Gasteiger partial charge in [-0.3, -0.25) is 19.2 Å². The Hall–Kier alpha value is -4.81. The number of ketones is 2. The number of allylic oxidation sites excluding steroid dienone is 1. The number of cyclic esters (lactones) is 1. The van der Waals surface area contributed by atoms with E-state index in [2.05, 4.69) is 15.0 Å². The summed E-state index contributed by atoms with van der Waals surface area (Å²) < 4.78 is 40.1. The second kappa shape index (κ2) is 24.0. The van der Waals surface area contributed by atoms with Crippen LogP contribution in [-0.4, -0.2) is 113 Å². The molecule has 10 unspecified atom stereocenters. The molecule has 3 aromatic rings. The average molecular weight is 855 g/mol. The van der Waals surface area contributed by atoms with Crippen LogP contribution in [0, 0.1) is 23.7 Å². The van der Waals surface area contributed by atoms with Crippen LogP contribution in [-0.2, 0) is 38.1 Å². The monoisotopic (exact) mass is 854 g/mol. The van der Waals surface area contributed by atoms with Crippen LogP contribution in [0.4, 0.5) is 0 Å². The number of aliphatic hydroxyl groups is 2. The normalized spacial score (nSPS) is 24.8. The maximum absolute atomic E-state index is 13.4. The summed E-state index contributed by atoms with van der Waals surface area (Å²) in [5, 5.41) is 21.7. The maximum Gasteiger partial charge on any atom is 0.308 e. The molecule has 0 fully saturated rings. The first-order chi connectivity index (χ1) is 29.2. The lowest BCUT2D eigenvalue weighted by Crippen LogP contribution is -2.35. The van der Waals surface area contributed by atoms with Crippen molar-refractivity contribution in [3.63, 3.8) is 0 Å². The van der Waals surface area contributed by atoms with Crippen LogP contribution >= 0.6 is 0 Å². The molecule has 0 aliphatic carbocycles. The van der Waals surface area contributed by atoms with E-state index in [1.54, 1.807) is 46.5 Å². The smallest absolute Gasteiger partial charge is 0.308 e. The molecule has 0 radical (unpaired) electrons. The number of aliphatic hydroxyl groups excluding tert-OH is 2. The number of fused-ring (bicyclic) bond motifs is 8. The van der Waals surface area contributed by atoms with Crippen molar-refractivity contribution in [3.8, 4) is 23.2 Å². The van der Waals surface area contributed by atoms with Crippen LogP contribution in [0.25, 0.3) is 29.2 Å². The van der Waals surface area contributed by atoms with Gasteiger partial charge in [0.15, 0.2) is 11.4 Å². The van der Waals surface area contributed by atoms with Gasteiger partial charge in [-0.1, -0.05) is 39.8 Å². The number of oxazole rings is 3. The van der Waals surface area contributed by atoms with E-state index in [1.807, 2.05) is 26.8 Å². The van der Waals surface area contributed by atoms with E-state index in [9.17, 15) is 29.4 Å². The highest BCUT2D eigenvalue weighted by atomic mass is 16.5. The number of carbonyl (C=O) groups is 4. The quantitative estimate of drug-likeness (QED) is 0.129. The zero-order chi connectivity index (χ0) is 44.6. The molecule has 1 aliphatic heterocycles. The highest BCUT2D eigenvalue weighted by Crippen LogP contribution is 2.32. The van der Waals surface area contributed by atoms with Crippen LogP contribution in [0.15, 0.2) is 50.4 Å². The Morgan fingerprint density at radius 3 is 2.33 bits per heavy atom. The summed E-state index contributed by atoms with van der Waals surface area (Å²) >= 11 is 0. The average Bonchev–Trinajstić information content (AvgIpc) is 4.03. The minimum Gasteiger partial charge on any atom is -0.462 e. The molecule has 3 aromatic heterocycles. The second-order valence-corrected chi connectivity index (χ2v) is 16.0. The topological polar surface area (TPSA) is 227 Å². The lowest BCUT2D eigenvalue weighted by atomic mass is 9.86. The summed E-state index contributed by atoms with van der Waals surface area (Å²) in [5.74, 6) is -1.73. The van der Waals surface area contributed by atoms with Gasteiger partial charge in [-0.25, -0.2) is 15.0 Å². The predicted octanol–water partition coefficient (Wildman–Crippen LogP) is 6.16. The Kier molecular flexibility index (Phi) is 19.2. The van der Waals surface area contributed by atoms with E-state index in [4.69, 9.17) is 32.2 Å². The maximum atomic E-state index is 13.4. The molecule has 17 heteroatoms. The number of Topliss-reactive ketones (excluding diaryl/α,β-unsaturated/α-hetero) is 2. The fourth-order valence-corrected chi connectivity index (χ4v) is 7.35. The third kappa shape index (κ3) is 14.4. The van der Waals surface area contributed by atoms with Crippen molar-refractivity contribution in [2.75, 3.05) is 28.4 Å². The standard InChI is InChI=1S/C44H62N4O13/c1-26-12-9-10-14-40-45-33(23-58-40)43-47-34(24-60-43)44-46-32(22-59-44)42(57-8)29(4)36(53)19-30(50)18-31(51)20-41(54)61-39(26)21-38(56-7)27(2)15-16-35(52)28(3)37(55-6)13-11-17-48(5)25-49/h10-11,14,17,22-31,37-39,42,50-51H,9,12-13,15-16,18-21H2,1-8H3/b14-10-,17-11+. The van der Waals surface area contributed by atoms with Crippen LogP contribution in [0.3, 0.4) is 0 Å². The van der Waals surface area contributed by atoms with Crippen LogP contribution < -0.4 is 0 Å². The SMILES string of the molecule is COC(CC1OC(=O)CC(O)CC(O)CC(=O)C(C)C(OC)c2coc(n2)-c2coc(n2)-c2coc(n2)/C=C\CCC1C)C(C)CCC(=O)C(C)C(C/C=C/N(C)C=O)OC. The molecule has 1 aliphatic rings. The Labute approximate surface area is 356 Å². The summed E-state index contributed by atoms with van der Waals surface area (Å²) in [7, 11) is 6.20. The van der Waals surface area contributed by atoms with Gasteiger partial charge in [0.25, 0.3) is 0 Å². The third-order valence-corrected chi connectivity index (χ3v) is 11.3. The summed E-state index contributed by atoms with van der Waals surface area (Å²) in [6.07, 6.45) is 9.02. The first kappa shape index (κ1) is 48.9. The van der Waals surface area contributed by atoms with E-state index >= 15 is 0 Å². The van der Waals surface area contributed by atoms with Crippen molar-refractivity contribution in [2.24, 2.45) is 23.7 Å². The van der Waals surface area contributed by atoms with Gasteiger partial charge >= 0.3 is 5.97 Å². The predicted molar refractivity (Wildman–Crippen MR) is 221 cm³/mol. The van der Waals surface area contributed by atoms with Crippen molar-refractivity contribution < 1.29 is 61.6 Å². The zero-order valence-corrected chi connectivity index (χ0v) is 36.4. The van der Waals surface area contributed by atoms with Crippen molar-refractivity contribution in [2.45, 2.75) is 122 Å². The van der Waals surface area contributed by atoms with Gasteiger partial charge < -0.3 is 47.3 Å². The van der Waals surface area contributed by atoms with E-state index in [0.29, 0.717) is 61.5 Å². The summed E-state index contributed by atoms with van der Waals surface area (Å²) in [4.78, 5) is 65.6. The number of methoxy groups -OCH3 is 3. The van der Waals surface area contributed by atoms with Crippen molar-refractivity contribution in [1.82, 2.24) is 19.9 Å². The third-order valence-electron chi connectivity index (χ3n) is 11.3. The van der Waals surface area contributed by atoms with Gasteiger partial charge in [-0.05, 0) is 43.6 Å². The van der Waals surface area contributed by atoms with Crippen molar-refractivity contribution >= 4 is 30.0 Å². The van der Waals surface area contributed by atoms with Gasteiger partial charge in [0.05, 0.1) is 30.8 Å². The lowest BCUT2D eigenvalue weighted by molar-refractivity contribution is -0.157. The molecule has 4 rings (SSSR count). The number of hydrogen-bond acceptors (Lipinski definition) is 16. The molecule has 0 saturated carbocycles. The van der Waals surface area contributed by atoms with Gasteiger partial charge in [0, 0.05) is 72.1 Å². The number of esters is 1. The Balaban J connectivity index is 1.49. The number of carbonyl (C=O) groups excluding carboxylic acids is 4. The van der Waals surface area contributed by atoms with E-state index in [0.717, 1.165) is 0 Å². The summed E-state index contributed by atoms with van der Waals surface area (Å²) in [6.45, 7) is 7.43. The Morgan fingerprint density at radius 2 is 1.62 bits per heavy atom. The molecule has 17 nitrogen and oxygen atoms in total. The molecule has 1 amide bonds. The van der Waals surface area contributed by atoms with Crippen LogP contribution in [0.2, 0.25) is 0 Å². The summed E-state index contributed by atoms with van der Waals surface area (Å²) in [6, 6.07) is 0. The first-order valence-corrected chi connectivity index (χ1v) is 20.7. The van der Waals surface area contributed by atoms with Crippen LogP contribution in [0.1, 0.15) is 103 Å². The molecule has 0 saturated heterocycles. The van der Waals surface area contributed by atoms with E-state index in [1.165, 1.54) is 30.8 Å². The number of amides is 1. The molecular formula is C44H62N4O13. The number of ether oxygens (including phenoxy) is 4. The Morgan fingerprint density at radius 1 is 0.951 bits per heavy atom. The minimum atomic E-state index is -1.28. The molecule has 6 bridgehead atoms. The molecule has 336 valence electrons. The van der Waals surface area contributed by atoms with E-state index in [-0.39, 0.29) is 72.6 Å². The molecular weight excluding hydrogens is 792 g/mol. The second-order valence-electron chi connectivity index (χ2n) is 16.0. The first-order valence-electron chi connectivity index (χ1n) is 20.7.